The summed E-state index contributed by atoms with van der Waals surface area (Å²) in [6, 6.07) is 3.71. The molecular weight excluding hydrogens is 468 g/mol. The molecule has 3 unspecified atom stereocenters. The van der Waals surface area contributed by atoms with E-state index < -0.39 is 17.6 Å². The van der Waals surface area contributed by atoms with Gasteiger partial charge in [0.05, 0.1) is 0 Å². The molecule has 2 saturated heterocycles. The first-order chi connectivity index (χ1) is 17.7. The SMILES string of the molecule is CN1CC[C@]23c4c5ccc(OC(=O)NC(C(=O)NN6CCCCC6)C(C)(C)C)c4O[C@H]2CC=CC3C1C5. The number of carbonyl (C=O) groups excluding carboxylic acids is 2. The van der Waals surface area contributed by atoms with Crippen LogP contribution in [0.3, 0.4) is 0 Å². The predicted octanol–water partition coefficient (Wildman–Crippen LogP) is 3.54. The lowest BCUT2D eigenvalue weighted by Gasteiger charge is -2.55. The minimum Gasteiger partial charge on any atom is -0.485 e. The van der Waals surface area contributed by atoms with Gasteiger partial charge in [0.1, 0.15) is 12.1 Å². The molecule has 1 aromatic rings. The van der Waals surface area contributed by atoms with E-state index in [9.17, 15) is 9.59 Å². The molecule has 1 aromatic carbocycles. The molecule has 0 radical (unpaired) electrons. The van der Waals surface area contributed by atoms with Gasteiger partial charge in [-0.3, -0.25) is 10.2 Å². The normalized spacial score (nSPS) is 31.2. The maximum absolute atomic E-state index is 13.2. The zero-order valence-corrected chi connectivity index (χ0v) is 22.5. The summed E-state index contributed by atoms with van der Waals surface area (Å²) in [7, 11) is 2.23. The fourth-order valence-electron chi connectivity index (χ4n) is 7.43. The number of hydrazine groups is 1. The third-order valence-electron chi connectivity index (χ3n) is 9.30. The van der Waals surface area contributed by atoms with Crippen molar-refractivity contribution in [2.45, 2.75) is 82.9 Å². The fraction of sp³-hybridized carbons (Fsp3) is 0.655. The molecule has 2 bridgehead atoms. The van der Waals surface area contributed by atoms with E-state index in [0.29, 0.717) is 17.7 Å². The molecule has 5 atom stereocenters. The molecule has 0 aromatic heterocycles. The zero-order valence-electron chi connectivity index (χ0n) is 22.5. The number of likely N-dealkylation sites (tertiary alicyclic amines) is 1. The second kappa shape index (κ2) is 9.02. The Kier molecular flexibility index (Phi) is 6.03. The summed E-state index contributed by atoms with van der Waals surface area (Å²) < 4.78 is 12.5. The highest BCUT2D eigenvalue weighted by molar-refractivity contribution is 5.86. The van der Waals surface area contributed by atoms with Gasteiger partial charge in [-0.1, -0.05) is 45.4 Å². The zero-order chi connectivity index (χ0) is 25.9. The number of benzene rings is 1. The van der Waals surface area contributed by atoms with Crippen LogP contribution in [0.15, 0.2) is 24.3 Å². The van der Waals surface area contributed by atoms with Gasteiger partial charge in [-0.15, -0.1) is 0 Å². The summed E-state index contributed by atoms with van der Waals surface area (Å²) in [5, 5.41) is 4.81. The summed E-state index contributed by atoms with van der Waals surface area (Å²) >= 11 is 0. The number of amides is 2. The van der Waals surface area contributed by atoms with Crippen molar-refractivity contribution in [1.29, 1.82) is 0 Å². The Morgan fingerprint density at radius 2 is 1.95 bits per heavy atom. The summed E-state index contributed by atoms with van der Waals surface area (Å²) in [6.07, 6.45) is 10.3. The highest BCUT2D eigenvalue weighted by Gasteiger charge is 2.62. The molecule has 8 heteroatoms. The first-order valence-corrected chi connectivity index (χ1v) is 13.9. The van der Waals surface area contributed by atoms with E-state index in [-0.39, 0.29) is 17.4 Å². The third-order valence-corrected chi connectivity index (χ3v) is 9.30. The van der Waals surface area contributed by atoms with Crippen molar-refractivity contribution in [3.05, 3.63) is 35.4 Å². The second-order valence-corrected chi connectivity index (χ2v) is 12.6. The van der Waals surface area contributed by atoms with E-state index >= 15 is 0 Å². The maximum Gasteiger partial charge on any atom is 0.413 e. The number of hydrogen-bond donors (Lipinski definition) is 2. The summed E-state index contributed by atoms with van der Waals surface area (Å²) in [5.74, 6) is 1.36. The number of rotatable bonds is 4. The first-order valence-electron chi connectivity index (χ1n) is 13.9. The topological polar surface area (TPSA) is 83.1 Å². The number of nitrogens with one attached hydrogen (secondary N) is 2. The van der Waals surface area contributed by atoms with Crippen LogP contribution in [0.5, 0.6) is 11.5 Å². The Morgan fingerprint density at radius 1 is 1.16 bits per heavy atom. The van der Waals surface area contributed by atoms with E-state index in [1.807, 2.05) is 31.8 Å². The van der Waals surface area contributed by atoms with Crippen molar-refractivity contribution < 1.29 is 19.1 Å². The van der Waals surface area contributed by atoms with Gasteiger partial charge in [0, 0.05) is 42.4 Å². The van der Waals surface area contributed by atoms with Crippen molar-refractivity contribution in [2.75, 3.05) is 26.7 Å². The quantitative estimate of drug-likeness (QED) is 0.606. The van der Waals surface area contributed by atoms with Crippen molar-refractivity contribution in [3.8, 4) is 11.5 Å². The van der Waals surface area contributed by atoms with Crippen molar-refractivity contribution in [3.63, 3.8) is 0 Å². The molecule has 3 aliphatic heterocycles. The number of ether oxygens (including phenoxy) is 2. The lowest BCUT2D eigenvalue weighted by Crippen LogP contribution is -2.62. The van der Waals surface area contributed by atoms with Crippen LogP contribution in [-0.2, 0) is 16.6 Å². The van der Waals surface area contributed by atoms with Crippen LogP contribution in [-0.4, -0.2) is 66.8 Å². The molecule has 3 heterocycles. The summed E-state index contributed by atoms with van der Waals surface area (Å²) in [4.78, 5) is 28.9. The van der Waals surface area contributed by atoms with Gasteiger partial charge in [-0.2, -0.15) is 0 Å². The first kappa shape index (κ1) is 24.7. The predicted molar refractivity (Wildman–Crippen MR) is 140 cm³/mol. The van der Waals surface area contributed by atoms with E-state index in [1.165, 1.54) is 17.5 Å². The highest BCUT2D eigenvalue weighted by atomic mass is 16.6. The van der Waals surface area contributed by atoms with Crippen LogP contribution in [0, 0.1) is 11.3 Å². The number of hydrogen-bond acceptors (Lipinski definition) is 6. The minimum atomic E-state index is -0.738. The summed E-state index contributed by atoms with van der Waals surface area (Å²) in [6.45, 7) is 8.55. The van der Waals surface area contributed by atoms with Crippen LogP contribution < -0.4 is 20.2 Å². The van der Waals surface area contributed by atoms with Gasteiger partial charge in [0.15, 0.2) is 11.5 Å². The third kappa shape index (κ3) is 4.04. The molecule has 2 amide bonds. The van der Waals surface area contributed by atoms with Crippen LogP contribution >= 0.6 is 0 Å². The van der Waals surface area contributed by atoms with Gasteiger partial charge < -0.3 is 19.7 Å². The van der Waals surface area contributed by atoms with Crippen LogP contribution in [0.4, 0.5) is 4.79 Å². The smallest absolute Gasteiger partial charge is 0.413 e. The number of piperidine rings is 2. The van der Waals surface area contributed by atoms with E-state index in [1.54, 1.807) is 0 Å². The fourth-order valence-corrected chi connectivity index (χ4v) is 7.43. The van der Waals surface area contributed by atoms with Crippen LogP contribution in [0.1, 0.15) is 64.0 Å². The Bertz CT molecular complexity index is 1120. The molecule has 2 fully saturated rings. The highest BCUT2D eigenvalue weighted by Crippen LogP contribution is 2.62. The van der Waals surface area contributed by atoms with Gasteiger partial charge in [0.2, 0.25) is 0 Å². The van der Waals surface area contributed by atoms with E-state index in [2.05, 4.69) is 40.9 Å². The Labute approximate surface area is 219 Å². The molecule has 37 heavy (non-hydrogen) atoms. The number of carbonyl (C=O) groups is 2. The van der Waals surface area contributed by atoms with Gasteiger partial charge in [0.25, 0.3) is 5.91 Å². The van der Waals surface area contributed by atoms with Gasteiger partial charge in [-0.05, 0) is 56.3 Å². The Hall–Kier alpha value is -2.58. The molecule has 8 nitrogen and oxygen atoms in total. The molecule has 5 aliphatic rings. The molecule has 6 rings (SSSR count). The standard InChI is InChI=1S/C29H40N4O4/c1-28(2,3)25(26(34)31-33-14-6-5-7-15-33)30-27(35)36-21-12-11-18-17-20-19-9-8-10-22-29(19,13-16-32(20)4)23(18)24(21)37-22/h8-9,11-12,19-20,22,25H,5-7,10,13-17H2,1-4H3,(H,30,35)(H,31,34)/t19?,20?,22-,25?,29+/m0/s1. The molecule has 2 N–H and O–H groups in total. The van der Waals surface area contributed by atoms with Gasteiger partial charge >= 0.3 is 6.09 Å². The molecule has 0 saturated carbocycles. The lowest BCUT2D eigenvalue weighted by molar-refractivity contribution is -0.130. The molecule has 200 valence electrons. The van der Waals surface area contributed by atoms with Crippen molar-refractivity contribution in [1.82, 2.24) is 20.7 Å². The van der Waals surface area contributed by atoms with Gasteiger partial charge in [-0.25, -0.2) is 9.80 Å². The second-order valence-electron chi connectivity index (χ2n) is 12.6. The largest absolute Gasteiger partial charge is 0.485 e. The monoisotopic (exact) mass is 508 g/mol. The Balaban J connectivity index is 1.24. The molecule has 1 spiro atoms. The Morgan fingerprint density at radius 3 is 2.70 bits per heavy atom. The minimum absolute atomic E-state index is 0.0486. The van der Waals surface area contributed by atoms with E-state index in [4.69, 9.17) is 9.47 Å². The van der Waals surface area contributed by atoms with Crippen molar-refractivity contribution in [2.24, 2.45) is 11.3 Å². The van der Waals surface area contributed by atoms with Crippen LogP contribution in [0.2, 0.25) is 0 Å². The van der Waals surface area contributed by atoms with E-state index in [0.717, 1.165) is 57.5 Å². The summed E-state index contributed by atoms with van der Waals surface area (Å²) in [5.41, 5.74) is 5.02. The van der Waals surface area contributed by atoms with Crippen LogP contribution in [0.25, 0.3) is 0 Å². The number of likely N-dealkylation sites (N-methyl/N-ethyl adjacent to an activating group) is 1. The average molecular weight is 509 g/mol. The molecule has 2 aliphatic carbocycles. The number of nitrogens with zero attached hydrogens (tertiary/aromatic N) is 2. The van der Waals surface area contributed by atoms with Crippen molar-refractivity contribution >= 4 is 12.0 Å². The average Bonchev–Trinajstić information content (AvgIpc) is 3.20. The molecular formula is C29H40N4O4. The maximum atomic E-state index is 13.2. The lowest BCUT2D eigenvalue weighted by atomic mass is 9.54.